The van der Waals surface area contributed by atoms with Crippen molar-refractivity contribution in [3.63, 3.8) is 0 Å². The Morgan fingerprint density at radius 2 is 1.60 bits per heavy atom. The van der Waals surface area contributed by atoms with Gasteiger partial charge in [-0.15, -0.1) is 0 Å². The van der Waals surface area contributed by atoms with Crippen LogP contribution in [0.25, 0.3) is 5.76 Å². The Hall–Kier alpha value is -4.06. The summed E-state index contributed by atoms with van der Waals surface area (Å²) < 4.78 is 5.73. The van der Waals surface area contributed by atoms with Crippen LogP contribution in [0.5, 0.6) is 11.5 Å². The maximum absolute atomic E-state index is 13.3. The minimum Gasteiger partial charge on any atom is -0.508 e. The summed E-state index contributed by atoms with van der Waals surface area (Å²) in [6.45, 7) is 7.94. The number of aliphatic hydroxyl groups is 1. The zero-order valence-corrected chi connectivity index (χ0v) is 20.2. The third-order valence-corrected chi connectivity index (χ3v) is 5.95. The SMILES string of the molecule is CC(C)Oc1cccc(/C(O)=C2/C(=O)C(=O)N(c3ccc(C(C)C)cc3)C2c2cccc(O)c2)c1. The first-order valence-corrected chi connectivity index (χ1v) is 11.6. The molecule has 1 aliphatic heterocycles. The van der Waals surface area contributed by atoms with Crippen molar-refractivity contribution in [3.05, 3.63) is 95.1 Å². The maximum atomic E-state index is 13.3. The van der Waals surface area contributed by atoms with E-state index < -0.39 is 17.7 Å². The topological polar surface area (TPSA) is 87.1 Å². The van der Waals surface area contributed by atoms with E-state index in [1.54, 1.807) is 48.5 Å². The van der Waals surface area contributed by atoms with Crippen LogP contribution in [-0.4, -0.2) is 28.0 Å². The van der Waals surface area contributed by atoms with E-state index in [0.717, 1.165) is 5.56 Å². The van der Waals surface area contributed by atoms with Gasteiger partial charge in [-0.2, -0.15) is 0 Å². The van der Waals surface area contributed by atoms with Crippen molar-refractivity contribution in [1.29, 1.82) is 0 Å². The number of aliphatic hydroxyl groups excluding tert-OH is 1. The molecule has 2 N–H and O–H groups in total. The summed E-state index contributed by atoms with van der Waals surface area (Å²) in [4.78, 5) is 28.0. The van der Waals surface area contributed by atoms with Crippen LogP contribution in [0, 0.1) is 0 Å². The molecule has 1 saturated heterocycles. The largest absolute Gasteiger partial charge is 0.508 e. The quantitative estimate of drug-likeness (QED) is 0.264. The van der Waals surface area contributed by atoms with Gasteiger partial charge in [-0.3, -0.25) is 14.5 Å². The molecule has 1 unspecified atom stereocenters. The molecular weight excluding hydrogens is 442 g/mol. The van der Waals surface area contributed by atoms with Crippen molar-refractivity contribution in [2.24, 2.45) is 0 Å². The highest BCUT2D eigenvalue weighted by atomic mass is 16.5. The lowest BCUT2D eigenvalue weighted by Crippen LogP contribution is -2.29. The molecule has 6 nitrogen and oxygen atoms in total. The van der Waals surface area contributed by atoms with Gasteiger partial charge in [-0.25, -0.2) is 0 Å². The molecule has 180 valence electrons. The second kappa shape index (κ2) is 9.66. The third-order valence-electron chi connectivity index (χ3n) is 5.95. The van der Waals surface area contributed by atoms with Gasteiger partial charge in [0.05, 0.1) is 17.7 Å². The molecule has 0 radical (unpaired) electrons. The number of aromatic hydroxyl groups is 1. The molecule has 0 spiro atoms. The molecule has 6 heteroatoms. The monoisotopic (exact) mass is 471 g/mol. The van der Waals surface area contributed by atoms with E-state index in [1.807, 2.05) is 26.0 Å². The van der Waals surface area contributed by atoms with Gasteiger partial charge < -0.3 is 14.9 Å². The van der Waals surface area contributed by atoms with Crippen molar-refractivity contribution in [2.45, 2.75) is 45.8 Å². The lowest BCUT2D eigenvalue weighted by atomic mass is 9.94. The number of phenolic OH excluding ortho intramolecular Hbond substituents is 1. The Kier molecular flexibility index (Phi) is 6.65. The minimum atomic E-state index is -0.915. The number of ketones is 1. The van der Waals surface area contributed by atoms with E-state index in [4.69, 9.17) is 4.74 Å². The van der Waals surface area contributed by atoms with Crippen LogP contribution < -0.4 is 9.64 Å². The van der Waals surface area contributed by atoms with E-state index in [0.29, 0.717) is 28.5 Å². The molecular formula is C29H29NO5. The zero-order valence-electron chi connectivity index (χ0n) is 20.2. The van der Waals surface area contributed by atoms with Crippen LogP contribution in [0.2, 0.25) is 0 Å². The third kappa shape index (κ3) is 4.78. The Morgan fingerprint density at radius 3 is 2.23 bits per heavy atom. The highest BCUT2D eigenvalue weighted by molar-refractivity contribution is 6.51. The van der Waals surface area contributed by atoms with Gasteiger partial charge >= 0.3 is 0 Å². The lowest BCUT2D eigenvalue weighted by molar-refractivity contribution is -0.132. The fourth-order valence-electron chi connectivity index (χ4n) is 4.27. The summed E-state index contributed by atoms with van der Waals surface area (Å²) in [5.41, 5.74) is 2.45. The van der Waals surface area contributed by atoms with Gasteiger partial charge in [0.1, 0.15) is 17.3 Å². The normalized spacial score (nSPS) is 17.4. The predicted octanol–water partition coefficient (Wildman–Crippen LogP) is 5.93. The van der Waals surface area contributed by atoms with Crippen LogP contribution in [0.3, 0.4) is 0 Å². The lowest BCUT2D eigenvalue weighted by Gasteiger charge is -2.26. The second-order valence-corrected chi connectivity index (χ2v) is 9.20. The highest BCUT2D eigenvalue weighted by Gasteiger charge is 2.47. The van der Waals surface area contributed by atoms with Crippen LogP contribution >= 0.6 is 0 Å². The molecule has 0 saturated carbocycles. The number of benzene rings is 3. The van der Waals surface area contributed by atoms with Gasteiger partial charge in [0.25, 0.3) is 11.7 Å². The number of anilines is 1. The first-order chi connectivity index (χ1) is 16.7. The van der Waals surface area contributed by atoms with Crippen LogP contribution in [-0.2, 0) is 9.59 Å². The summed E-state index contributed by atoms with van der Waals surface area (Å²) in [7, 11) is 0. The molecule has 35 heavy (non-hydrogen) atoms. The standard InChI is InChI=1S/C29H29NO5/c1-17(2)19-11-13-22(14-12-19)30-26(20-7-5-9-23(31)15-20)25(28(33)29(30)34)27(32)21-8-6-10-24(16-21)35-18(3)4/h5-18,26,31-32H,1-4H3/b27-25-. The number of carbonyl (C=O) groups excluding carboxylic acids is 2. The fraction of sp³-hybridized carbons (Fsp3) is 0.241. The van der Waals surface area contributed by atoms with Crippen molar-refractivity contribution in [1.82, 2.24) is 0 Å². The second-order valence-electron chi connectivity index (χ2n) is 9.20. The minimum absolute atomic E-state index is 0.00410. The summed E-state index contributed by atoms with van der Waals surface area (Å²) in [5, 5.41) is 21.4. The molecule has 1 aliphatic rings. The van der Waals surface area contributed by atoms with Crippen molar-refractivity contribution >= 4 is 23.1 Å². The van der Waals surface area contributed by atoms with Gasteiger partial charge in [-0.1, -0.05) is 50.2 Å². The average Bonchev–Trinajstić information content (AvgIpc) is 3.09. The van der Waals surface area contributed by atoms with Crippen molar-refractivity contribution < 1.29 is 24.5 Å². The molecule has 1 amide bonds. The smallest absolute Gasteiger partial charge is 0.300 e. The Morgan fingerprint density at radius 1 is 0.914 bits per heavy atom. The number of amides is 1. The predicted molar refractivity (Wildman–Crippen MR) is 136 cm³/mol. The number of rotatable bonds is 6. The highest BCUT2D eigenvalue weighted by Crippen LogP contribution is 2.43. The van der Waals surface area contributed by atoms with E-state index in [-0.39, 0.29) is 23.2 Å². The average molecular weight is 472 g/mol. The van der Waals surface area contributed by atoms with Crippen LogP contribution in [0.1, 0.15) is 56.3 Å². The first-order valence-electron chi connectivity index (χ1n) is 11.6. The molecule has 0 bridgehead atoms. The van der Waals surface area contributed by atoms with Gasteiger partial charge in [-0.05, 0) is 67.3 Å². The first kappa shape index (κ1) is 24.1. The van der Waals surface area contributed by atoms with Crippen LogP contribution in [0.4, 0.5) is 5.69 Å². The number of hydrogen-bond acceptors (Lipinski definition) is 5. The van der Waals surface area contributed by atoms with E-state index in [1.165, 1.54) is 17.0 Å². The number of phenols is 1. The molecule has 4 rings (SSSR count). The molecule has 3 aromatic rings. The number of nitrogens with zero attached hydrogens (tertiary/aromatic N) is 1. The Bertz CT molecular complexity index is 1290. The maximum Gasteiger partial charge on any atom is 0.300 e. The van der Waals surface area contributed by atoms with Crippen molar-refractivity contribution in [3.8, 4) is 11.5 Å². The molecule has 3 aromatic carbocycles. The fourth-order valence-corrected chi connectivity index (χ4v) is 4.27. The number of Topliss-reactive ketones (excluding diaryl/α,β-unsaturated/α-hetero) is 1. The number of hydrogen-bond donors (Lipinski definition) is 2. The van der Waals surface area contributed by atoms with E-state index in [9.17, 15) is 19.8 Å². The number of carbonyl (C=O) groups is 2. The summed E-state index contributed by atoms with van der Waals surface area (Å²) in [5.74, 6) is -0.994. The summed E-state index contributed by atoms with van der Waals surface area (Å²) >= 11 is 0. The molecule has 1 fully saturated rings. The van der Waals surface area contributed by atoms with Crippen molar-refractivity contribution in [2.75, 3.05) is 4.90 Å². The van der Waals surface area contributed by atoms with Gasteiger partial charge in [0, 0.05) is 11.3 Å². The molecule has 0 aliphatic carbocycles. The Labute approximate surface area is 205 Å². The summed E-state index contributed by atoms with van der Waals surface area (Å²) in [6.07, 6.45) is -0.0703. The molecule has 1 heterocycles. The van der Waals surface area contributed by atoms with Crippen LogP contribution in [0.15, 0.2) is 78.4 Å². The number of ether oxygens (including phenoxy) is 1. The van der Waals surface area contributed by atoms with Gasteiger partial charge in [0.15, 0.2) is 0 Å². The Balaban J connectivity index is 1.89. The van der Waals surface area contributed by atoms with Gasteiger partial charge in [0.2, 0.25) is 0 Å². The van der Waals surface area contributed by atoms with E-state index >= 15 is 0 Å². The summed E-state index contributed by atoms with van der Waals surface area (Å²) in [6, 6.07) is 19.7. The molecule has 1 atom stereocenters. The molecule has 0 aromatic heterocycles. The van der Waals surface area contributed by atoms with E-state index in [2.05, 4.69) is 13.8 Å². The zero-order chi connectivity index (χ0) is 25.3.